The standard InChI is InChI=1S/C14H10Br2ClF/c15-10-6-4-9(5-7-10)8-12(17)14-11(16)2-1-3-13(14)18/h1-7,12H,8H2. The van der Waals surface area contributed by atoms with Gasteiger partial charge in [0.15, 0.2) is 0 Å². The summed E-state index contributed by atoms with van der Waals surface area (Å²) in [6, 6.07) is 12.8. The van der Waals surface area contributed by atoms with E-state index in [0.29, 0.717) is 16.5 Å². The molecule has 1 unspecified atom stereocenters. The Hall–Kier alpha value is -0.380. The normalized spacial score (nSPS) is 12.4. The molecule has 0 amide bonds. The van der Waals surface area contributed by atoms with Crippen molar-refractivity contribution >= 4 is 43.5 Å². The molecule has 0 N–H and O–H groups in total. The van der Waals surface area contributed by atoms with Gasteiger partial charge in [0.2, 0.25) is 0 Å². The third-order valence-electron chi connectivity index (χ3n) is 2.64. The summed E-state index contributed by atoms with van der Waals surface area (Å²) in [7, 11) is 0. The van der Waals surface area contributed by atoms with Crippen LogP contribution in [0.3, 0.4) is 0 Å². The van der Waals surface area contributed by atoms with Gasteiger partial charge in [-0.15, -0.1) is 11.6 Å². The molecule has 0 saturated heterocycles. The predicted octanol–water partition coefficient (Wildman–Crippen LogP) is 5.87. The number of benzene rings is 2. The molecular formula is C14H10Br2ClF. The summed E-state index contributed by atoms with van der Waals surface area (Å²) in [6.45, 7) is 0. The highest BCUT2D eigenvalue weighted by Gasteiger charge is 2.16. The Kier molecular flexibility index (Phi) is 4.82. The zero-order valence-corrected chi connectivity index (χ0v) is 13.3. The first kappa shape index (κ1) is 14.0. The van der Waals surface area contributed by atoms with Gasteiger partial charge in [0.25, 0.3) is 0 Å². The van der Waals surface area contributed by atoms with Gasteiger partial charge in [-0.1, -0.05) is 50.1 Å². The van der Waals surface area contributed by atoms with Crippen molar-refractivity contribution in [3.05, 3.63) is 68.4 Å². The minimum atomic E-state index is -0.387. The third kappa shape index (κ3) is 3.34. The van der Waals surface area contributed by atoms with Crippen molar-refractivity contribution < 1.29 is 4.39 Å². The average molecular weight is 392 g/mol. The van der Waals surface area contributed by atoms with Gasteiger partial charge < -0.3 is 0 Å². The molecule has 0 fully saturated rings. The SMILES string of the molecule is Fc1cccc(Br)c1C(Cl)Cc1ccc(Br)cc1. The minimum absolute atomic E-state index is 0.276. The topological polar surface area (TPSA) is 0 Å². The molecule has 0 radical (unpaired) electrons. The summed E-state index contributed by atoms with van der Waals surface area (Å²) in [5, 5.41) is -0.387. The molecule has 1 atom stereocenters. The number of halogens is 4. The van der Waals surface area contributed by atoms with Gasteiger partial charge in [-0.05, 0) is 36.2 Å². The first-order valence-electron chi connectivity index (χ1n) is 5.40. The second kappa shape index (κ2) is 6.18. The molecule has 0 bridgehead atoms. The minimum Gasteiger partial charge on any atom is -0.207 e. The number of hydrogen-bond donors (Lipinski definition) is 0. The quantitative estimate of drug-likeness (QED) is 0.573. The lowest BCUT2D eigenvalue weighted by Gasteiger charge is -2.13. The van der Waals surface area contributed by atoms with Crippen LogP contribution in [0.15, 0.2) is 51.4 Å². The number of hydrogen-bond acceptors (Lipinski definition) is 0. The van der Waals surface area contributed by atoms with Crippen molar-refractivity contribution in [2.24, 2.45) is 0 Å². The lowest BCUT2D eigenvalue weighted by Crippen LogP contribution is -2.00. The Bertz CT molecular complexity index is 520. The van der Waals surface area contributed by atoms with Gasteiger partial charge in [-0.25, -0.2) is 4.39 Å². The van der Waals surface area contributed by atoms with Gasteiger partial charge in [-0.3, -0.25) is 0 Å². The zero-order chi connectivity index (χ0) is 13.1. The van der Waals surface area contributed by atoms with E-state index in [1.54, 1.807) is 12.1 Å². The molecule has 0 aromatic heterocycles. The second-order valence-electron chi connectivity index (χ2n) is 3.93. The van der Waals surface area contributed by atoms with Crippen LogP contribution in [0, 0.1) is 5.82 Å². The van der Waals surface area contributed by atoms with Crippen LogP contribution in [-0.4, -0.2) is 0 Å². The van der Waals surface area contributed by atoms with Gasteiger partial charge >= 0.3 is 0 Å². The van der Waals surface area contributed by atoms with E-state index in [4.69, 9.17) is 11.6 Å². The molecule has 0 nitrogen and oxygen atoms in total. The van der Waals surface area contributed by atoms with E-state index >= 15 is 0 Å². The predicted molar refractivity (Wildman–Crippen MR) is 80.5 cm³/mol. The van der Waals surface area contributed by atoms with E-state index < -0.39 is 0 Å². The Morgan fingerprint density at radius 3 is 2.33 bits per heavy atom. The van der Waals surface area contributed by atoms with Crippen LogP contribution in [-0.2, 0) is 6.42 Å². The van der Waals surface area contributed by atoms with Crippen LogP contribution >= 0.6 is 43.5 Å². The lowest BCUT2D eigenvalue weighted by atomic mass is 10.0. The summed E-state index contributed by atoms with van der Waals surface area (Å²) >= 11 is 13.0. The Labute approximate surface area is 127 Å². The number of alkyl halides is 1. The average Bonchev–Trinajstić information content (AvgIpc) is 2.32. The molecule has 2 rings (SSSR count). The lowest BCUT2D eigenvalue weighted by molar-refractivity contribution is 0.604. The van der Waals surface area contributed by atoms with Crippen LogP contribution in [0.5, 0.6) is 0 Å². The molecule has 0 aliphatic rings. The molecule has 18 heavy (non-hydrogen) atoms. The summed E-state index contributed by atoms with van der Waals surface area (Å²) in [6.07, 6.45) is 0.592. The van der Waals surface area contributed by atoms with Crippen LogP contribution in [0.4, 0.5) is 4.39 Å². The first-order chi connectivity index (χ1) is 8.58. The van der Waals surface area contributed by atoms with Gasteiger partial charge in [-0.2, -0.15) is 0 Å². The molecule has 0 spiro atoms. The fourth-order valence-corrected chi connectivity index (χ4v) is 3.15. The van der Waals surface area contributed by atoms with Crippen LogP contribution in [0.1, 0.15) is 16.5 Å². The first-order valence-corrected chi connectivity index (χ1v) is 7.42. The smallest absolute Gasteiger partial charge is 0.129 e. The molecule has 0 heterocycles. The highest BCUT2D eigenvalue weighted by Crippen LogP contribution is 2.33. The Morgan fingerprint density at radius 1 is 1.06 bits per heavy atom. The van der Waals surface area contributed by atoms with E-state index in [-0.39, 0.29) is 11.2 Å². The third-order valence-corrected chi connectivity index (χ3v) is 4.23. The summed E-state index contributed by atoms with van der Waals surface area (Å²) in [4.78, 5) is 0. The Morgan fingerprint density at radius 2 is 1.72 bits per heavy atom. The van der Waals surface area contributed by atoms with E-state index in [2.05, 4.69) is 31.9 Å². The molecule has 0 aliphatic carbocycles. The van der Waals surface area contributed by atoms with Crippen molar-refractivity contribution in [2.75, 3.05) is 0 Å². The van der Waals surface area contributed by atoms with Crippen molar-refractivity contribution in [3.8, 4) is 0 Å². The molecule has 2 aromatic rings. The molecule has 94 valence electrons. The van der Waals surface area contributed by atoms with E-state index in [0.717, 1.165) is 10.0 Å². The summed E-state index contributed by atoms with van der Waals surface area (Å²) in [5.74, 6) is -0.276. The molecule has 0 saturated carbocycles. The molecule has 2 aromatic carbocycles. The van der Waals surface area contributed by atoms with Crippen LogP contribution < -0.4 is 0 Å². The van der Waals surface area contributed by atoms with Gasteiger partial charge in [0, 0.05) is 14.5 Å². The molecule has 0 aliphatic heterocycles. The summed E-state index contributed by atoms with van der Waals surface area (Å²) in [5.41, 5.74) is 1.59. The van der Waals surface area contributed by atoms with Crippen molar-refractivity contribution in [3.63, 3.8) is 0 Å². The highest BCUT2D eigenvalue weighted by molar-refractivity contribution is 9.10. The largest absolute Gasteiger partial charge is 0.207 e. The van der Waals surface area contributed by atoms with Crippen molar-refractivity contribution in [1.29, 1.82) is 0 Å². The fourth-order valence-electron chi connectivity index (χ4n) is 1.74. The van der Waals surface area contributed by atoms with E-state index in [1.807, 2.05) is 24.3 Å². The zero-order valence-electron chi connectivity index (χ0n) is 9.34. The monoisotopic (exact) mass is 390 g/mol. The summed E-state index contributed by atoms with van der Waals surface area (Å²) < 4.78 is 15.5. The van der Waals surface area contributed by atoms with Gasteiger partial charge in [0.1, 0.15) is 5.82 Å². The maximum absolute atomic E-state index is 13.7. The van der Waals surface area contributed by atoms with E-state index in [9.17, 15) is 4.39 Å². The second-order valence-corrected chi connectivity index (χ2v) is 6.23. The maximum atomic E-state index is 13.7. The highest BCUT2D eigenvalue weighted by atomic mass is 79.9. The van der Waals surface area contributed by atoms with Gasteiger partial charge in [0.05, 0.1) is 5.38 Å². The number of rotatable bonds is 3. The molecule has 4 heteroatoms. The van der Waals surface area contributed by atoms with Crippen LogP contribution in [0.25, 0.3) is 0 Å². The Balaban J connectivity index is 2.22. The fraction of sp³-hybridized carbons (Fsp3) is 0.143. The maximum Gasteiger partial charge on any atom is 0.129 e. The molecular weight excluding hydrogens is 382 g/mol. The van der Waals surface area contributed by atoms with Crippen LogP contribution in [0.2, 0.25) is 0 Å². The van der Waals surface area contributed by atoms with Crippen molar-refractivity contribution in [2.45, 2.75) is 11.8 Å². The van der Waals surface area contributed by atoms with Crippen molar-refractivity contribution in [1.82, 2.24) is 0 Å². The van der Waals surface area contributed by atoms with E-state index in [1.165, 1.54) is 6.07 Å².